The Bertz CT molecular complexity index is 1410. The minimum Gasteiger partial charge on any atom is -0.490 e. The average Bonchev–Trinajstić information content (AvgIpc) is 2.83. The third-order valence-corrected chi connectivity index (χ3v) is 6.72. The molecule has 8 nitrogen and oxygen atoms in total. The van der Waals surface area contributed by atoms with Gasteiger partial charge in [0.15, 0.2) is 5.75 Å². The van der Waals surface area contributed by atoms with Crippen molar-refractivity contribution in [3.8, 4) is 22.6 Å². The first-order valence-electron chi connectivity index (χ1n) is 11.9. The van der Waals surface area contributed by atoms with Gasteiger partial charge in [0.25, 0.3) is 0 Å². The van der Waals surface area contributed by atoms with E-state index in [4.69, 9.17) is 9.47 Å². The van der Waals surface area contributed by atoms with E-state index in [1.54, 1.807) is 47.4 Å². The highest BCUT2D eigenvalue weighted by Crippen LogP contribution is 2.39. The molecule has 1 aliphatic rings. The molecule has 1 amide bonds. The molecule has 1 saturated heterocycles. The second-order valence-corrected chi connectivity index (χ2v) is 11.3. The first-order chi connectivity index (χ1) is 17.7. The standard InChI is InChI=1S/C26H27F3N2O6S/c1-25(2,3)36-24(32)31-15-12-20(13-16-31)35-19-9-6-17(7-10-19)21-11-8-18-5-4-14-30-22(18)23(21)37-38(33,34)26(27,28)29/h4-11,14,20H,12-13,15-16H2,1-3H3. The number of nitrogens with zero attached hydrogens (tertiary/aromatic N) is 2. The van der Waals surface area contributed by atoms with Gasteiger partial charge in [0, 0.05) is 43.1 Å². The van der Waals surface area contributed by atoms with E-state index >= 15 is 0 Å². The Labute approximate surface area is 218 Å². The van der Waals surface area contributed by atoms with Gasteiger partial charge in [-0.1, -0.05) is 24.3 Å². The van der Waals surface area contributed by atoms with E-state index < -0.39 is 27.0 Å². The fourth-order valence-electron chi connectivity index (χ4n) is 3.98. The topological polar surface area (TPSA) is 95.0 Å². The second-order valence-electron chi connectivity index (χ2n) is 9.81. The molecule has 2 aromatic carbocycles. The highest BCUT2D eigenvalue weighted by atomic mass is 32.2. The Balaban J connectivity index is 1.51. The van der Waals surface area contributed by atoms with Crippen molar-refractivity contribution in [1.29, 1.82) is 0 Å². The van der Waals surface area contributed by atoms with E-state index in [-0.39, 0.29) is 23.3 Å². The number of hydrogen-bond acceptors (Lipinski definition) is 7. The number of carbonyl (C=O) groups is 1. The minimum absolute atomic E-state index is 0.0186. The molecule has 1 aliphatic heterocycles. The van der Waals surface area contributed by atoms with Crippen LogP contribution < -0.4 is 8.92 Å². The smallest absolute Gasteiger partial charge is 0.490 e. The molecule has 204 valence electrons. The number of amides is 1. The van der Waals surface area contributed by atoms with E-state index in [0.29, 0.717) is 42.6 Å². The molecule has 0 N–H and O–H groups in total. The summed E-state index contributed by atoms with van der Waals surface area (Å²) in [6, 6.07) is 12.7. The van der Waals surface area contributed by atoms with Crippen LogP contribution >= 0.6 is 0 Å². The van der Waals surface area contributed by atoms with Crippen molar-refractivity contribution in [3.63, 3.8) is 0 Å². The first kappa shape index (κ1) is 27.5. The lowest BCUT2D eigenvalue weighted by Crippen LogP contribution is -2.44. The quantitative estimate of drug-likeness (QED) is 0.287. The van der Waals surface area contributed by atoms with Gasteiger partial charge in [0.05, 0.1) is 0 Å². The lowest BCUT2D eigenvalue weighted by atomic mass is 10.0. The Morgan fingerprint density at radius 2 is 1.66 bits per heavy atom. The fraction of sp³-hybridized carbons (Fsp3) is 0.385. The number of benzene rings is 2. The van der Waals surface area contributed by atoms with Crippen molar-refractivity contribution in [1.82, 2.24) is 9.88 Å². The molecule has 0 spiro atoms. The third-order valence-electron chi connectivity index (χ3n) is 5.77. The van der Waals surface area contributed by atoms with Gasteiger partial charge in [0.1, 0.15) is 23.0 Å². The Hall–Kier alpha value is -3.54. The summed E-state index contributed by atoms with van der Waals surface area (Å²) >= 11 is 0. The number of carbonyl (C=O) groups excluding carboxylic acids is 1. The van der Waals surface area contributed by atoms with Crippen LogP contribution in [0.2, 0.25) is 0 Å². The van der Waals surface area contributed by atoms with Crippen LogP contribution in [0.4, 0.5) is 18.0 Å². The van der Waals surface area contributed by atoms with Gasteiger partial charge in [-0.25, -0.2) is 4.79 Å². The number of fused-ring (bicyclic) bond motifs is 1. The predicted octanol–water partition coefficient (Wildman–Crippen LogP) is 5.91. The summed E-state index contributed by atoms with van der Waals surface area (Å²) in [5.74, 6) is 0.0115. The van der Waals surface area contributed by atoms with Crippen molar-refractivity contribution in [3.05, 3.63) is 54.7 Å². The van der Waals surface area contributed by atoms with Gasteiger partial charge in [-0.05, 0) is 50.6 Å². The average molecular weight is 553 g/mol. The summed E-state index contributed by atoms with van der Waals surface area (Å²) in [4.78, 5) is 17.9. The van der Waals surface area contributed by atoms with E-state index in [1.807, 2.05) is 20.8 Å². The normalized spacial score (nSPS) is 15.4. The molecule has 0 aliphatic carbocycles. The molecule has 0 bridgehead atoms. The highest BCUT2D eigenvalue weighted by Gasteiger charge is 2.49. The number of pyridine rings is 1. The maximum absolute atomic E-state index is 13.1. The van der Waals surface area contributed by atoms with Crippen LogP contribution in [0.25, 0.3) is 22.0 Å². The Morgan fingerprint density at radius 1 is 1.00 bits per heavy atom. The van der Waals surface area contributed by atoms with Gasteiger partial charge in [-0.15, -0.1) is 0 Å². The van der Waals surface area contributed by atoms with Gasteiger partial charge in [0.2, 0.25) is 0 Å². The Kier molecular flexibility index (Phi) is 7.46. The van der Waals surface area contributed by atoms with Crippen molar-refractivity contribution < 1.29 is 40.0 Å². The second kappa shape index (κ2) is 10.3. The number of hydrogen-bond donors (Lipinski definition) is 0. The van der Waals surface area contributed by atoms with Crippen LogP contribution in [0.3, 0.4) is 0 Å². The lowest BCUT2D eigenvalue weighted by Gasteiger charge is -2.33. The van der Waals surface area contributed by atoms with E-state index in [2.05, 4.69) is 9.17 Å². The van der Waals surface area contributed by atoms with Crippen LogP contribution in [-0.2, 0) is 14.9 Å². The maximum Gasteiger partial charge on any atom is 0.534 e. The summed E-state index contributed by atoms with van der Waals surface area (Å²) < 4.78 is 79.0. The van der Waals surface area contributed by atoms with Crippen molar-refractivity contribution >= 4 is 27.1 Å². The summed E-state index contributed by atoms with van der Waals surface area (Å²) in [5.41, 5.74) is -5.65. The zero-order valence-corrected chi connectivity index (χ0v) is 21.8. The fourth-order valence-corrected chi connectivity index (χ4v) is 4.46. The van der Waals surface area contributed by atoms with Crippen LogP contribution in [0, 0.1) is 0 Å². The summed E-state index contributed by atoms with van der Waals surface area (Å²) in [6.45, 7) is 6.39. The number of rotatable bonds is 5. The van der Waals surface area contributed by atoms with Crippen molar-refractivity contribution in [2.24, 2.45) is 0 Å². The summed E-state index contributed by atoms with van der Waals surface area (Å²) in [7, 11) is -5.92. The van der Waals surface area contributed by atoms with E-state index in [1.165, 1.54) is 12.3 Å². The molecule has 38 heavy (non-hydrogen) atoms. The van der Waals surface area contributed by atoms with Gasteiger partial charge in [-0.3, -0.25) is 4.98 Å². The number of alkyl halides is 3. The molecule has 0 radical (unpaired) electrons. The van der Waals surface area contributed by atoms with Crippen LogP contribution in [0.15, 0.2) is 54.7 Å². The molecule has 1 fully saturated rings. The number of halogens is 3. The van der Waals surface area contributed by atoms with Crippen molar-refractivity contribution in [2.75, 3.05) is 13.1 Å². The monoisotopic (exact) mass is 552 g/mol. The molecular weight excluding hydrogens is 525 g/mol. The largest absolute Gasteiger partial charge is 0.534 e. The third kappa shape index (κ3) is 6.29. The van der Waals surface area contributed by atoms with Gasteiger partial charge < -0.3 is 18.6 Å². The van der Waals surface area contributed by atoms with Gasteiger partial charge >= 0.3 is 21.7 Å². The molecule has 4 rings (SSSR count). The lowest BCUT2D eigenvalue weighted by molar-refractivity contribution is -0.0499. The first-order valence-corrected chi connectivity index (χ1v) is 13.3. The van der Waals surface area contributed by atoms with Crippen LogP contribution in [0.1, 0.15) is 33.6 Å². The van der Waals surface area contributed by atoms with Crippen LogP contribution in [-0.4, -0.2) is 54.7 Å². The van der Waals surface area contributed by atoms with E-state index in [9.17, 15) is 26.4 Å². The number of aromatic nitrogens is 1. The number of likely N-dealkylation sites (tertiary alicyclic amines) is 1. The summed E-state index contributed by atoms with van der Waals surface area (Å²) in [5, 5.41) is 0.418. The number of ether oxygens (including phenoxy) is 2. The van der Waals surface area contributed by atoms with Crippen molar-refractivity contribution in [2.45, 2.75) is 50.8 Å². The molecule has 0 unspecified atom stereocenters. The zero-order chi connectivity index (χ0) is 27.7. The molecule has 2 heterocycles. The number of piperidine rings is 1. The molecular formula is C26H27F3N2O6S. The maximum atomic E-state index is 13.1. The van der Waals surface area contributed by atoms with Gasteiger partial charge in [-0.2, -0.15) is 21.6 Å². The predicted molar refractivity (Wildman–Crippen MR) is 134 cm³/mol. The zero-order valence-electron chi connectivity index (χ0n) is 21.0. The highest BCUT2D eigenvalue weighted by molar-refractivity contribution is 7.88. The van der Waals surface area contributed by atoms with Crippen LogP contribution in [0.5, 0.6) is 11.5 Å². The SMILES string of the molecule is CC(C)(C)OC(=O)N1CCC(Oc2ccc(-c3ccc4cccnc4c3OS(=O)(=O)C(F)(F)F)cc2)CC1. The van der Waals surface area contributed by atoms with E-state index in [0.717, 1.165) is 0 Å². The minimum atomic E-state index is -5.92. The molecule has 12 heteroatoms. The molecule has 3 aromatic rings. The molecule has 1 aromatic heterocycles. The summed E-state index contributed by atoms with van der Waals surface area (Å²) in [6.07, 6.45) is 2.04. The molecule has 0 atom stereocenters. The molecule has 0 saturated carbocycles. The Morgan fingerprint density at radius 3 is 2.26 bits per heavy atom.